The van der Waals surface area contributed by atoms with Gasteiger partial charge in [0.15, 0.2) is 0 Å². The molecule has 0 aliphatic rings. The van der Waals surface area contributed by atoms with E-state index in [-0.39, 0.29) is 11.5 Å². The van der Waals surface area contributed by atoms with Crippen molar-refractivity contribution in [3.63, 3.8) is 0 Å². The number of carbonyl (C=O) groups excluding carboxylic acids is 1. The molecule has 0 unspecified atom stereocenters. The molecule has 86 valence electrons. The van der Waals surface area contributed by atoms with E-state index in [1.807, 2.05) is 0 Å². The number of anilines is 1. The fraction of sp³-hybridized carbons (Fsp3) is 0.273. The van der Waals surface area contributed by atoms with Gasteiger partial charge in [0.2, 0.25) is 5.91 Å². The minimum atomic E-state index is -1.10. The van der Waals surface area contributed by atoms with Crippen LogP contribution in [0.25, 0.3) is 0 Å². The lowest BCUT2D eigenvalue weighted by Gasteiger charge is -2.18. The van der Waals surface area contributed by atoms with Gasteiger partial charge >= 0.3 is 5.97 Å². The van der Waals surface area contributed by atoms with Crippen LogP contribution in [0.1, 0.15) is 23.7 Å². The minimum Gasteiger partial charge on any atom is -0.478 e. The van der Waals surface area contributed by atoms with Crippen LogP contribution < -0.4 is 4.90 Å². The number of amides is 1. The number of carbonyl (C=O) groups is 2. The van der Waals surface area contributed by atoms with Gasteiger partial charge in [-0.05, 0) is 18.2 Å². The molecule has 0 fully saturated rings. The molecule has 0 saturated carbocycles. The van der Waals surface area contributed by atoms with E-state index >= 15 is 0 Å². The highest BCUT2D eigenvalue weighted by Crippen LogP contribution is 2.24. The van der Waals surface area contributed by atoms with Crippen LogP contribution in [0, 0.1) is 0 Å². The Bertz CT molecular complexity index is 431. The molecule has 1 N–H and O–H groups in total. The molecule has 1 aromatic carbocycles. The Hall–Kier alpha value is -1.55. The maximum Gasteiger partial charge on any atom is 0.337 e. The van der Waals surface area contributed by atoms with Crippen molar-refractivity contribution in [1.29, 1.82) is 0 Å². The van der Waals surface area contributed by atoms with Gasteiger partial charge in [0.25, 0.3) is 0 Å². The lowest BCUT2D eigenvalue weighted by atomic mass is 10.1. The molecular weight excluding hydrogens is 230 g/mol. The van der Waals surface area contributed by atoms with E-state index in [2.05, 4.69) is 0 Å². The highest BCUT2D eigenvalue weighted by Gasteiger charge is 2.17. The highest BCUT2D eigenvalue weighted by atomic mass is 35.5. The Morgan fingerprint density at radius 2 is 2.06 bits per heavy atom. The molecule has 1 rings (SSSR count). The van der Waals surface area contributed by atoms with Crippen LogP contribution in [0.3, 0.4) is 0 Å². The first-order valence-corrected chi connectivity index (χ1v) is 5.14. The standard InChI is InChI=1S/C11H12ClNO3/c1-3-10(14)13(2)9-5-4-7(12)6-8(9)11(15)16/h4-6H,3H2,1-2H3,(H,15,16). The molecule has 1 amide bonds. The van der Waals surface area contributed by atoms with Crippen molar-refractivity contribution < 1.29 is 14.7 Å². The summed E-state index contributed by atoms with van der Waals surface area (Å²) in [4.78, 5) is 23.8. The van der Waals surface area contributed by atoms with Crippen molar-refractivity contribution in [3.8, 4) is 0 Å². The second kappa shape index (κ2) is 4.99. The Balaban J connectivity index is 3.22. The largest absolute Gasteiger partial charge is 0.478 e. The second-order valence-corrected chi connectivity index (χ2v) is 3.71. The quantitative estimate of drug-likeness (QED) is 0.884. The van der Waals surface area contributed by atoms with Crippen LogP contribution in [0.5, 0.6) is 0 Å². The van der Waals surface area contributed by atoms with Gasteiger partial charge in [0, 0.05) is 18.5 Å². The first kappa shape index (κ1) is 12.5. The van der Waals surface area contributed by atoms with Gasteiger partial charge in [-0.25, -0.2) is 4.79 Å². The van der Waals surface area contributed by atoms with E-state index in [1.165, 1.54) is 17.0 Å². The normalized spacial score (nSPS) is 9.94. The van der Waals surface area contributed by atoms with Crippen LogP contribution in [-0.2, 0) is 4.79 Å². The van der Waals surface area contributed by atoms with E-state index in [9.17, 15) is 9.59 Å². The van der Waals surface area contributed by atoms with Crippen LogP contribution >= 0.6 is 11.6 Å². The second-order valence-electron chi connectivity index (χ2n) is 3.27. The molecule has 0 aromatic heterocycles. The first-order valence-electron chi connectivity index (χ1n) is 4.76. The third-order valence-corrected chi connectivity index (χ3v) is 2.46. The Morgan fingerprint density at radius 1 is 1.44 bits per heavy atom. The van der Waals surface area contributed by atoms with E-state index < -0.39 is 5.97 Å². The Morgan fingerprint density at radius 3 is 2.56 bits per heavy atom. The molecule has 0 spiro atoms. The number of carboxylic acid groups (broad SMARTS) is 1. The monoisotopic (exact) mass is 241 g/mol. The van der Waals surface area contributed by atoms with Gasteiger partial charge in [-0.1, -0.05) is 18.5 Å². The van der Waals surface area contributed by atoms with Crippen LogP contribution in [0.2, 0.25) is 5.02 Å². The number of carboxylic acids is 1. The van der Waals surface area contributed by atoms with E-state index in [1.54, 1.807) is 20.0 Å². The SMILES string of the molecule is CCC(=O)N(C)c1ccc(Cl)cc1C(=O)O. The molecule has 0 aliphatic carbocycles. The predicted molar refractivity (Wildman–Crippen MR) is 62.1 cm³/mol. The van der Waals surface area contributed by atoms with E-state index in [0.29, 0.717) is 17.1 Å². The maximum absolute atomic E-state index is 11.5. The number of hydrogen-bond donors (Lipinski definition) is 1. The zero-order valence-corrected chi connectivity index (χ0v) is 9.78. The molecule has 0 radical (unpaired) electrons. The van der Waals surface area contributed by atoms with Crippen molar-refractivity contribution >= 4 is 29.2 Å². The Labute approximate surface area is 98.4 Å². The molecule has 0 atom stereocenters. The van der Waals surface area contributed by atoms with Gasteiger partial charge in [-0.15, -0.1) is 0 Å². The third kappa shape index (κ3) is 2.52. The highest BCUT2D eigenvalue weighted by molar-refractivity contribution is 6.31. The fourth-order valence-electron chi connectivity index (χ4n) is 1.34. The third-order valence-electron chi connectivity index (χ3n) is 2.23. The average Bonchev–Trinajstić information content (AvgIpc) is 2.26. The molecule has 0 bridgehead atoms. The number of nitrogens with zero attached hydrogens (tertiary/aromatic N) is 1. The van der Waals surface area contributed by atoms with Gasteiger partial charge in [-0.3, -0.25) is 4.79 Å². The van der Waals surface area contributed by atoms with Crippen LogP contribution in [0.15, 0.2) is 18.2 Å². The summed E-state index contributed by atoms with van der Waals surface area (Å²) >= 11 is 5.71. The predicted octanol–water partition coefficient (Wildman–Crippen LogP) is 2.41. The molecular formula is C11H12ClNO3. The number of hydrogen-bond acceptors (Lipinski definition) is 2. The number of halogens is 1. The summed E-state index contributed by atoms with van der Waals surface area (Å²) in [5.41, 5.74) is 0.376. The number of benzene rings is 1. The maximum atomic E-state index is 11.5. The molecule has 0 aliphatic heterocycles. The van der Waals surface area contributed by atoms with Crippen molar-refractivity contribution in [2.24, 2.45) is 0 Å². The molecule has 0 saturated heterocycles. The summed E-state index contributed by atoms with van der Waals surface area (Å²) in [6.07, 6.45) is 0.318. The Kier molecular flexibility index (Phi) is 3.90. The first-order chi connectivity index (χ1) is 7.47. The van der Waals surface area contributed by atoms with Crippen LogP contribution in [-0.4, -0.2) is 24.0 Å². The van der Waals surface area contributed by atoms with Crippen LogP contribution in [0.4, 0.5) is 5.69 Å². The zero-order chi connectivity index (χ0) is 12.3. The number of aromatic carboxylic acids is 1. The summed E-state index contributed by atoms with van der Waals surface area (Å²) < 4.78 is 0. The van der Waals surface area contributed by atoms with Gasteiger partial charge in [0.05, 0.1) is 11.3 Å². The smallest absolute Gasteiger partial charge is 0.337 e. The fourth-order valence-corrected chi connectivity index (χ4v) is 1.52. The van der Waals surface area contributed by atoms with Gasteiger partial charge in [-0.2, -0.15) is 0 Å². The average molecular weight is 242 g/mol. The van der Waals surface area contributed by atoms with Crippen molar-refractivity contribution in [1.82, 2.24) is 0 Å². The lowest BCUT2D eigenvalue weighted by Crippen LogP contribution is -2.26. The lowest BCUT2D eigenvalue weighted by molar-refractivity contribution is -0.118. The van der Waals surface area contributed by atoms with Gasteiger partial charge in [0.1, 0.15) is 0 Å². The van der Waals surface area contributed by atoms with Crippen molar-refractivity contribution in [2.45, 2.75) is 13.3 Å². The minimum absolute atomic E-state index is 0.0248. The number of rotatable bonds is 3. The van der Waals surface area contributed by atoms with Crippen molar-refractivity contribution in [3.05, 3.63) is 28.8 Å². The molecule has 16 heavy (non-hydrogen) atoms. The summed E-state index contributed by atoms with van der Waals surface area (Å²) in [6, 6.07) is 4.42. The summed E-state index contributed by atoms with van der Waals surface area (Å²) in [5.74, 6) is -1.25. The molecule has 0 heterocycles. The summed E-state index contributed by atoms with van der Waals surface area (Å²) in [5, 5.41) is 9.33. The summed E-state index contributed by atoms with van der Waals surface area (Å²) in [7, 11) is 1.54. The summed E-state index contributed by atoms with van der Waals surface area (Å²) in [6.45, 7) is 1.72. The molecule has 5 heteroatoms. The van der Waals surface area contributed by atoms with Gasteiger partial charge < -0.3 is 10.0 Å². The molecule has 1 aromatic rings. The molecule has 4 nitrogen and oxygen atoms in total. The zero-order valence-electron chi connectivity index (χ0n) is 9.03. The topological polar surface area (TPSA) is 57.6 Å². The van der Waals surface area contributed by atoms with E-state index in [0.717, 1.165) is 0 Å². The van der Waals surface area contributed by atoms with E-state index in [4.69, 9.17) is 16.7 Å². The van der Waals surface area contributed by atoms with Crippen molar-refractivity contribution in [2.75, 3.05) is 11.9 Å².